The summed E-state index contributed by atoms with van der Waals surface area (Å²) in [5.41, 5.74) is 6.33. The van der Waals surface area contributed by atoms with Crippen molar-refractivity contribution in [1.29, 1.82) is 0 Å². The van der Waals surface area contributed by atoms with E-state index >= 15 is 0 Å². The lowest BCUT2D eigenvalue weighted by atomic mass is 9.97. The van der Waals surface area contributed by atoms with E-state index in [1.54, 1.807) is 0 Å². The smallest absolute Gasteiger partial charge is 0.265 e. The third-order valence-electron chi connectivity index (χ3n) is 8.28. The molecule has 1 saturated heterocycles. The van der Waals surface area contributed by atoms with Crippen molar-refractivity contribution in [2.24, 2.45) is 5.92 Å². The number of anilines is 5. The van der Waals surface area contributed by atoms with Crippen LogP contribution in [0.25, 0.3) is 6.08 Å². The Morgan fingerprint density at radius 1 is 0.884 bits per heavy atom. The van der Waals surface area contributed by atoms with Crippen LogP contribution >= 0.6 is 11.3 Å². The molecule has 3 N–H and O–H groups in total. The van der Waals surface area contributed by atoms with E-state index in [4.69, 9.17) is 0 Å². The summed E-state index contributed by atoms with van der Waals surface area (Å²) in [7, 11) is 0. The van der Waals surface area contributed by atoms with Crippen LogP contribution in [0.4, 0.5) is 28.4 Å². The number of aliphatic hydroxyl groups is 1. The number of thiophene rings is 1. The molecule has 3 aromatic carbocycles. The van der Waals surface area contributed by atoms with Crippen molar-refractivity contribution in [2.45, 2.75) is 32.2 Å². The van der Waals surface area contributed by atoms with Crippen LogP contribution in [0.2, 0.25) is 0 Å². The van der Waals surface area contributed by atoms with Crippen LogP contribution < -0.4 is 20.4 Å². The fourth-order valence-corrected chi connectivity index (χ4v) is 6.44. The molecule has 2 amide bonds. The first-order valence-corrected chi connectivity index (χ1v) is 15.7. The minimum atomic E-state index is -0.145. The van der Waals surface area contributed by atoms with Crippen molar-refractivity contribution >= 4 is 57.7 Å². The average molecular weight is 593 g/mol. The summed E-state index contributed by atoms with van der Waals surface area (Å²) < 4.78 is 0. The number of piperidine rings is 1. The third-order valence-corrected chi connectivity index (χ3v) is 9.14. The Labute approximate surface area is 256 Å². The molecule has 3 heterocycles. The monoisotopic (exact) mass is 592 g/mol. The summed E-state index contributed by atoms with van der Waals surface area (Å²) in [5, 5.41) is 17.3. The third kappa shape index (κ3) is 6.50. The normalized spacial score (nSPS) is 16.8. The minimum Gasteiger partial charge on any atom is -0.396 e. The number of carbonyl (C=O) groups is 2. The number of benzene rings is 3. The highest BCUT2D eigenvalue weighted by Gasteiger charge is 2.22. The zero-order valence-corrected chi connectivity index (χ0v) is 25.0. The Balaban J connectivity index is 1.14. The van der Waals surface area contributed by atoms with E-state index in [0.717, 1.165) is 66.4 Å². The van der Waals surface area contributed by atoms with Crippen LogP contribution in [0.5, 0.6) is 0 Å². The summed E-state index contributed by atoms with van der Waals surface area (Å²) in [6, 6.07) is 25.6. The topological polar surface area (TPSA) is 84.9 Å². The minimum absolute atomic E-state index is 0.107. The number of amides is 2. The number of carbonyl (C=O) groups excluding carboxylic acids is 2. The molecule has 1 aromatic heterocycles. The molecular formula is C35H36N4O3S. The Morgan fingerprint density at radius 2 is 1.58 bits per heavy atom. The van der Waals surface area contributed by atoms with Gasteiger partial charge in [0, 0.05) is 59.7 Å². The van der Waals surface area contributed by atoms with Gasteiger partial charge in [-0.15, -0.1) is 11.3 Å². The Bertz CT molecular complexity index is 1590. The number of nitrogens with zero attached hydrogens (tertiary/aromatic N) is 2. The average Bonchev–Trinajstić information content (AvgIpc) is 3.53. The standard InChI is InChI=1S/C35H36N4O3S/c1-24-4-2-5-27-22-29(37-34(41)26-7-12-30(13-8-26)38-19-17-25(23-40)18-20-38)11-16-32(27)39(24)31-14-9-28(10-15-31)36-35(42)33-6-3-21-43-33/h2-3,5-16,21-22,24-25,40H,4,17-20,23H2,1H3,(H,36,42)(H,37,41). The van der Waals surface area contributed by atoms with Gasteiger partial charge in [0.05, 0.1) is 4.88 Å². The van der Waals surface area contributed by atoms with Crippen molar-refractivity contribution in [3.05, 3.63) is 106 Å². The second-order valence-electron chi connectivity index (χ2n) is 11.2. The first-order chi connectivity index (χ1) is 21.0. The van der Waals surface area contributed by atoms with Crippen molar-refractivity contribution in [1.82, 2.24) is 0 Å². The van der Waals surface area contributed by atoms with Crippen LogP contribution in [0, 0.1) is 5.92 Å². The summed E-state index contributed by atoms with van der Waals surface area (Å²) >= 11 is 1.42. The first kappa shape index (κ1) is 28.7. The molecule has 4 aromatic rings. The highest BCUT2D eigenvalue weighted by Crippen LogP contribution is 2.37. The van der Waals surface area contributed by atoms with Gasteiger partial charge in [0.25, 0.3) is 11.8 Å². The molecule has 2 aliphatic heterocycles. The molecule has 0 saturated carbocycles. The molecule has 6 rings (SSSR count). The summed E-state index contributed by atoms with van der Waals surface area (Å²) in [6.45, 7) is 4.30. The van der Waals surface area contributed by atoms with Gasteiger partial charge in [-0.3, -0.25) is 9.59 Å². The maximum atomic E-state index is 13.1. The molecule has 2 aliphatic rings. The fourth-order valence-electron chi connectivity index (χ4n) is 5.82. The Kier molecular flexibility index (Phi) is 8.58. The maximum absolute atomic E-state index is 13.1. The molecule has 43 heavy (non-hydrogen) atoms. The number of hydrogen-bond donors (Lipinski definition) is 3. The van der Waals surface area contributed by atoms with E-state index in [1.807, 2.05) is 78.2 Å². The van der Waals surface area contributed by atoms with E-state index in [2.05, 4.69) is 45.6 Å². The Morgan fingerprint density at radius 3 is 2.28 bits per heavy atom. The van der Waals surface area contributed by atoms with Crippen molar-refractivity contribution in [3.8, 4) is 0 Å². The Hall–Kier alpha value is -4.40. The van der Waals surface area contributed by atoms with E-state index in [9.17, 15) is 14.7 Å². The van der Waals surface area contributed by atoms with Crippen LogP contribution in [0.3, 0.4) is 0 Å². The molecule has 220 valence electrons. The van der Waals surface area contributed by atoms with Gasteiger partial charge in [0.2, 0.25) is 0 Å². The van der Waals surface area contributed by atoms with Crippen LogP contribution in [0.15, 0.2) is 90.3 Å². The SMILES string of the molecule is CC1CC=Cc2cc(NC(=O)c3ccc(N4CCC(CO)CC4)cc3)ccc2N1c1ccc(NC(=O)c2cccs2)cc1. The lowest BCUT2D eigenvalue weighted by molar-refractivity contribution is 0.102. The van der Waals surface area contributed by atoms with E-state index in [1.165, 1.54) is 11.3 Å². The molecule has 1 unspecified atom stereocenters. The molecule has 0 radical (unpaired) electrons. The van der Waals surface area contributed by atoms with Crippen LogP contribution in [0.1, 0.15) is 51.8 Å². The van der Waals surface area contributed by atoms with Gasteiger partial charge in [0.15, 0.2) is 0 Å². The number of rotatable bonds is 7. The van der Waals surface area contributed by atoms with Gasteiger partial charge < -0.3 is 25.5 Å². The number of hydrogen-bond acceptors (Lipinski definition) is 6. The molecule has 0 aliphatic carbocycles. The molecule has 0 bridgehead atoms. The molecule has 8 heteroatoms. The lowest BCUT2D eigenvalue weighted by Crippen LogP contribution is -2.34. The number of fused-ring (bicyclic) bond motifs is 1. The predicted molar refractivity (Wildman–Crippen MR) is 177 cm³/mol. The maximum Gasteiger partial charge on any atom is 0.265 e. The van der Waals surface area contributed by atoms with E-state index in [0.29, 0.717) is 16.4 Å². The second-order valence-corrected chi connectivity index (χ2v) is 12.2. The highest BCUT2D eigenvalue weighted by atomic mass is 32.1. The summed E-state index contributed by atoms with van der Waals surface area (Å²) in [6.07, 6.45) is 7.14. The fraction of sp³-hybridized carbons (Fsp3) is 0.257. The van der Waals surface area contributed by atoms with Crippen molar-refractivity contribution in [2.75, 3.05) is 40.1 Å². The van der Waals surface area contributed by atoms with Gasteiger partial charge >= 0.3 is 0 Å². The largest absolute Gasteiger partial charge is 0.396 e. The van der Waals surface area contributed by atoms with Crippen molar-refractivity contribution in [3.63, 3.8) is 0 Å². The highest BCUT2D eigenvalue weighted by molar-refractivity contribution is 7.12. The van der Waals surface area contributed by atoms with Gasteiger partial charge in [-0.2, -0.15) is 0 Å². The van der Waals surface area contributed by atoms with Gasteiger partial charge in [-0.05, 0) is 116 Å². The number of aliphatic hydroxyl groups excluding tert-OH is 1. The van der Waals surface area contributed by atoms with Crippen molar-refractivity contribution < 1.29 is 14.7 Å². The summed E-state index contributed by atoms with van der Waals surface area (Å²) in [4.78, 5) is 30.9. The molecule has 1 fully saturated rings. The van der Waals surface area contributed by atoms with E-state index in [-0.39, 0.29) is 24.5 Å². The molecule has 0 spiro atoms. The number of nitrogens with one attached hydrogen (secondary N) is 2. The van der Waals surface area contributed by atoms with Gasteiger partial charge in [0.1, 0.15) is 0 Å². The lowest BCUT2D eigenvalue weighted by Gasteiger charge is -2.32. The van der Waals surface area contributed by atoms with Crippen LogP contribution in [-0.4, -0.2) is 42.7 Å². The predicted octanol–water partition coefficient (Wildman–Crippen LogP) is 7.40. The van der Waals surface area contributed by atoms with E-state index < -0.39 is 0 Å². The zero-order chi connectivity index (χ0) is 29.8. The zero-order valence-electron chi connectivity index (χ0n) is 24.2. The van der Waals surface area contributed by atoms with Crippen LogP contribution in [-0.2, 0) is 0 Å². The summed E-state index contributed by atoms with van der Waals surface area (Å²) in [5.74, 6) is 0.141. The molecular weight excluding hydrogens is 556 g/mol. The van der Waals surface area contributed by atoms with Gasteiger partial charge in [-0.25, -0.2) is 0 Å². The molecule has 1 atom stereocenters. The first-order valence-electron chi connectivity index (χ1n) is 14.8. The second kappa shape index (κ2) is 12.9. The van der Waals surface area contributed by atoms with Gasteiger partial charge in [-0.1, -0.05) is 18.2 Å². The quantitative estimate of drug-likeness (QED) is 0.208. The molecule has 7 nitrogen and oxygen atoms in total.